The van der Waals surface area contributed by atoms with Crippen LogP contribution in [0.1, 0.15) is 35.7 Å². The van der Waals surface area contributed by atoms with Gasteiger partial charge in [-0.3, -0.25) is 9.69 Å². The van der Waals surface area contributed by atoms with Crippen LogP contribution in [0.3, 0.4) is 0 Å². The zero-order chi connectivity index (χ0) is 25.5. The van der Waals surface area contributed by atoms with Crippen molar-refractivity contribution in [3.63, 3.8) is 0 Å². The molecular weight excluding hydrogens is 484 g/mol. The molecule has 1 aliphatic carbocycles. The lowest BCUT2D eigenvalue weighted by atomic mass is 9.96. The molecule has 2 heterocycles. The molecule has 1 N–H and O–H groups in total. The van der Waals surface area contributed by atoms with Crippen LogP contribution < -0.4 is 10.2 Å². The number of fused-ring (bicyclic) bond motifs is 3. The molecule has 0 spiro atoms. The predicted molar refractivity (Wildman–Crippen MR) is 146 cm³/mol. The second-order valence-corrected chi connectivity index (χ2v) is 10.1. The van der Waals surface area contributed by atoms with Gasteiger partial charge in [0.25, 0.3) is 0 Å². The Morgan fingerprint density at radius 3 is 2.49 bits per heavy atom. The molecule has 1 aromatic heterocycles. The van der Waals surface area contributed by atoms with Crippen LogP contribution in [-0.2, 0) is 4.79 Å². The van der Waals surface area contributed by atoms with Gasteiger partial charge in [0.15, 0.2) is 0 Å². The number of urea groups is 1. The molecule has 186 valence electrons. The lowest BCUT2D eigenvalue weighted by Gasteiger charge is -2.39. The van der Waals surface area contributed by atoms with Crippen molar-refractivity contribution in [3.8, 4) is 5.69 Å². The van der Waals surface area contributed by atoms with Gasteiger partial charge in [-0.2, -0.15) is 0 Å². The lowest BCUT2D eigenvalue weighted by Crippen LogP contribution is -2.48. The van der Waals surface area contributed by atoms with Crippen LogP contribution in [0.5, 0.6) is 0 Å². The van der Waals surface area contributed by atoms with Gasteiger partial charge in [0.05, 0.1) is 17.1 Å². The van der Waals surface area contributed by atoms with Gasteiger partial charge in [-0.1, -0.05) is 59.6 Å². The molecule has 1 atom stereocenters. The van der Waals surface area contributed by atoms with Gasteiger partial charge in [-0.25, -0.2) is 4.79 Å². The van der Waals surface area contributed by atoms with Crippen molar-refractivity contribution in [1.82, 2.24) is 9.47 Å². The van der Waals surface area contributed by atoms with Crippen molar-refractivity contribution in [1.29, 1.82) is 0 Å². The van der Waals surface area contributed by atoms with Gasteiger partial charge < -0.3 is 14.8 Å². The number of hydrogen-bond donors (Lipinski definition) is 1. The van der Waals surface area contributed by atoms with Crippen molar-refractivity contribution < 1.29 is 9.59 Å². The van der Waals surface area contributed by atoms with E-state index >= 15 is 0 Å². The molecule has 1 saturated carbocycles. The Bertz CT molecular complexity index is 1490. The third-order valence-corrected chi connectivity index (χ3v) is 7.21. The second-order valence-electron chi connectivity index (χ2n) is 9.67. The highest BCUT2D eigenvalue weighted by atomic mass is 35.5. The third kappa shape index (κ3) is 4.49. The summed E-state index contributed by atoms with van der Waals surface area (Å²) in [5, 5.41) is 3.46. The summed E-state index contributed by atoms with van der Waals surface area (Å²) in [7, 11) is 0. The first kappa shape index (κ1) is 23.4. The van der Waals surface area contributed by atoms with Gasteiger partial charge >= 0.3 is 6.03 Å². The molecule has 2 aliphatic rings. The molecule has 1 fully saturated rings. The Morgan fingerprint density at radius 2 is 1.73 bits per heavy atom. The molecule has 7 heteroatoms. The maximum atomic E-state index is 14.2. The largest absolute Gasteiger partial charge is 0.322 e. The van der Waals surface area contributed by atoms with E-state index in [1.54, 1.807) is 29.2 Å². The van der Waals surface area contributed by atoms with Gasteiger partial charge in [0, 0.05) is 22.9 Å². The summed E-state index contributed by atoms with van der Waals surface area (Å²) in [6.07, 6.45) is 3.81. The lowest BCUT2D eigenvalue weighted by molar-refractivity contribution is -0.119. The molecule has 0 bridgehead atoms. The maximum absolute atomic E-state index is 14.2. The number of nitrogens with zero attached hydrogens (tertiary/aromatic N) is 3. The molecule has 0 saturated heterocycles. The zero-order valence-electron chi connectivity index (χ0n) is 20.5. The monoisotopic (exact) mass is 510 g/mol. The fourth-order valence-electron chi connectivity index (χ4n) is 5.15. The fourth-order valence-corrected chi connectivity index (χ4v) is 5.34. The van der Waals surface area contributed by atoms with Crippen LogP contribution in [0.15, 0.2) is 91.1 Å². The van der Waals surface area contributed by atoms with Gasteiger partial charge in [0.2, 0.25) is 5.91 Å². The summed E-state index contributed by atoms with van der Waals surface area (Å²) in [6.45, 7) is 2.04. The van der Waals surface area contributed by atoms with Gasteiger partial charge in [-0.15, -0.1) is 0 Å². The average molecular weight is 511 g/mol. The summed E-state index contributed by atoms with van der Waals surface area (Å²) in [4.78, 5) is 31.0. The standard InChI is InChI=1S/C30H27ClN4O2/c1-20-7-4-8-21(17-20)29-27-13-6-16-33(27)25-11-2-3-12-26(25)35(29)28(36)19-34(24-14-15-24)30(37)32-23-10-5-9-22(31)18-23/h2-13,16-18,24,29H,14-15,19H2,1H3,(H,32,37). The molecule has 0 radical (unpaired) electrons. The van der Waals surface area contributed by atoms with Crippen LogP contribution in [0.4, 0.5) is 16.2 Å². The van der Waals surface area contributed by atoms with Crippen LogP contribution in [0, 0.1) is 6.92 Å². The van der Waals surface area contributed by atoms with E-state index in [-0.39, 0.29) is 30.6 Å². The molecule has 6 nitrogen and oxygen atoms in total. The number of hydrogen-bond acceptors (Lipinski definition) is 2. The fraction of sp³-hybridized carbons (Fsp3) is 0.200. The molecule has 3 aromatic carbocycles. The van der Waals surface area contributed by atoms with E-state index < -0.39 is 0 Å². The Hall–Kier alpha value is -4.03. The minimum atomic E-state index is -0.311. The van der Waals surface area contributed by atoms with Crippen LogP contribution >= 0.6 is 11.6 Å². The molecule has 1 aliphatic heterocycles. The van der Waals surface area contributed by atoms with E-state index in [0.717, 1.165) is 41.0 Å². The number of nitrogens with one attached hydrogen (secondary N) is 1. The quantitative estimate of drug-likeness (QED) is 0.330. The topological polar surface area (TPSA) is 57.6 Å². The Labute approximate surface area is 221 Å². The number of anilines is 2. The maximum Gasteiger partial charge on any atom is 0.322 e. The van der Waals surface area contributed by atoms with E-state index in [2.05, 4.69) is 41.1 Å². The highest BCUT2D eigenvalue weighted by molar-refractivity contribution is 6.30. The Kier molecular flexibility index (Phi) is 5.97. The Balaban J connectivity index is 1.36. The molecule has 1 unspecified atom stereocenters. The highest BCUT2D eigenvalue weighted by Crippen LogP contribution is 2.42. The first-order valence-electron chi connectivity index (χ1n) is 12.5. The molecule has 6 rings (SSSR count). The molecular formula is C30H27ClN4O2. The number of carbonyl (C=O) groups excluding carboxylic acids is 2. The number of para-hydroxylation sites is 2. The summed E-state index contributed by atoms with van der Waals surface area (Å²) in [6, 6.07) is 26.8. The summed E-state index contributed by atoms with van der Waals surface area (Å²) in [5.74, 6) is -0.125. The number of aryl methyl sites for hydroxylation is 1. The van der Waals surface area contributed by atoms with E-state index in [9.17, 15) is 9.59 Å². The average Bonchev–Trinajstić information content (AvgIpc) is 3.61. The predicted octanol–water partition coefficient (Wildman–Crippen LogP) is 6.57. The number of benzene rings is 3. The van der Waals surface area contributed by atoms with Crippen molar-refractivity contribution in [2.45, 2.75) is 31.8 Å². The number of rotatable bonds is 5. The third-order valence-electron chi connectivity index (χ3n) is 6.98. The number of aromatic nitrogens is 1. The molecule has 4 aromatic rings. The molecule has 3 amide bonds. The van der Waals surface area contributed by atoms with Crippen LogP contribution in [0.2, 0.25) is 5.02 Å². The molecule has 37 heavy (non-hydrogen) atoms. The second kappa shape index (κ2) is 9.45. The van der Waals surface area contributed by atoms with Crippen LogP contribution in [0.25, 0.3) is 5.69 Å². The first-order chi connectivity index (χ1) is 18.0. The van der Waals surface area contributed by atoms with Crippen molar-refractivity contribution >= 4 is 34.9 Å². The normalized spacial score (nSPS) is 16.1. The van der Waals surface area contributed by atoms with E-state index in [1.807, 2.05) is 47.5 Å². The summed E-state index contributed by atoms with van der Waals surface area (Å²) >= 11 is 6.11. The van der Waals surface area contributed by atoms with Crippen LogP contribution in [-0.4, -0.2) is 34.0 Å². The smallest absolute Gasteiger partial charge is 0.316 e. The van der Waals surface area contributed by atoms with E-state index in [1.165, 1.54) is 0 Å². The number of amides is 3. The van der Waals surface area contributed by atoms with Gasteiger partial charge in [-0.05, 0) is 67.8 Å². The highest BCUT2D eigenvalue weighted by Gasteiger charge is 2.40. The van der Waals surface area contributed by atoms with E-state index in [0.29, 0.717) is 10.7 Å². The minimum absolute atomic E-state index is 0.0194. The van der Waals surface area contributed by atoms with E-state index in [4.69, 9.17) is 11.6 Å². The summed E-state index contributed by atoms with van der Waals surface area (Å²) < 4.78 is 2.15. The first-order valence-corrected chi connectivity index (χ1v) is 12.9. The van der Waals surface area contributed by atoms with Gasteiger partial charge in [0.1, 0.15) is 12.6 Å². The number of carbonyl (C=O) groups is 2. The SMILES string of the molecule is Cc1cccc(C2c3cccn3-c3ccccc3N2C(=O)CN(C(=O)Nc2cccc(Cl)c2)C2CC2)c1. The van der Waals surface area contributed by atoms with Crippen molar-refractivity contribution in [2.24, 2.45) is 0 Å². The zero-order valence-corrected chi connectivity index (χ0v) is 21.2. The Morgan fingerprint density at radius 1 is 0.946 bits per heavy atom. The minimum Gasteiger partial charge on any atom is -0.316 e. The van der Waals surface area contributed by atoms with Crippen molar-refractivity contribution in [2.75, 3.05) is 16.8 Å². The summed E-state index contributed by atoms with van der Waals surface area (Å²) in [5.41, 5.74) is 5.55. The number of halogens is 1. The van der Waals surface area contributed by atoms with Crippen molar-refractivity contribution in [3.05, 3.63) is 113 Å².